The second kappa shape index (κ2) is 5.88. The first-order valence-corrected chi connectivity index (χ1v) is 7.68. The van der Waals surface area contributed by atoms with E-state index in [0.29, 0.717) is 24.0 Å². The number of benzene rings is 1. The fourth-order valence-corrected chi connectivity index (χ4v) is 3.24. The number of alkyl halides is 1. The molecule has 1 aromatic carbocycles. The van der Waals surface area contributed by atoms with Crippen molar-refractivity contribution < 1.29 is 9.21 Å². The van der Waals surface area contributed by atoms with Crippen molar-refractivity contribution in [3.63, 3.8) is 0 Å². The van der Waals surface area contributed by atoms with E-state index in [9.17, 15) is 4.79 Å². The van der Waals surface area contributed by atoms with Crippen molar-refractivity contribution in [1.82, 2.24) is 4.90 Å². The number of fused-ring (bicyclic) bond motifs is 1. The third-order valence-corrected chi connectivity index (χ3v) is 4.23. The van der Waals surface area contributed by atoms with E-state index in [2.05, 4.69) is 0 Å². The second-order valence-corrected chi connectivity index (χ2v) is 5.65. The molecule has 0 spiro atoms. The first kappa shape index (κ1) is 13.5. The van der Waals surface area contributed by atoms with Crippen LogP contribution >= 0.6 is 11.6 Å². The molecule has 1 heterocycles. The summed E-state index contributed by atoms with van der Waals surface area (Å²) in [6.07, 6.45) is 6.13. The van der Waals surface area contributed by atoms with E-state index in [1.807, 2.05) is 29.2 Å². The highest BCUT2D eigenvalue weighted by atomic mass is 35.5. The molecule has 4 heteroatoms. The maximum atomic E-state index is 12.8. The maximum absolute atomic E-state index is 12.8. The Bertz CT molecular complexity index is 601. The lowest BCUT2D eigenvalue weighted by Gasteiger charge is -2.28. The molecule has 2 aromatic rings. The summed E-state index contributed by atoms with van der Waals surface area (Å²) in [6, 6.07) is 7.98. The fourth-order valence-electron chi connectivity index (χ4n) is 3.06. The molecule has 0 unspecified atom stereocenters. The Morgan fingerprint density at radius 3 is 2.80 bits per heavy atom. The van der Waals surface area contributed by atoms with Crippen molar-refractivity contribution in [1.29, 1.82) is 0 Å². The number of hydrogen-bond acceptors (Lipinski definition) is 2. The fraction of sp³-hybridized carbons (Fsp3) is 0.438. The molecule has 106 valence electrons. The monoisotopic (exact) mass is 291 g/mol. The van der Waals surface area contributed by atoms with Gasteiger partial charge in [0.25, 0.3) is 5.91 Å². The van der Waals surface area contributed by atoms with E-state index in [-0.39, 0.29) is 5.91 Å². The Balaban J connectivity index is 1.92. The predicted molar refractivity (Wildman–Crippen MR) is 80.2 cm³/mol. The van der Waals surface area contributed by atoms with Gasteiger partial charge in [-0.25, -0.2) is 0 Å². The minimum atomic E-state index is 0.0440. The average Bonchev–Trinajstić information content (AvgIpc) is 3.13. The van der Waals surface area contributed by atoms with Crippen molar-refractivity contribution in [2.45, 2.75) is 31.7 Å². The lowest BCUT2D eigenvalue weighted by Crippen LogP contribution is -2.40. The summed E-state index contributed by atoms with van der Waals surface area (Å²) in [6.45, 7) is 0.602. The SMILES string of the molecule is O=C(c1coc2ccccc12)N(CCCl)C1CCCC1. The number of furan rings is 1. The Kier molecular flexibility index (Phi) is 3.97. The quantitative estimate of drug-likeness (QED) is 0.796. The van der Waals surface area contributed by atoms with Crippen LogP contribution in [0.4, 0.5) is 0 Å². The van der Waals surface area contributed by atoms with Crippen LogP contribution < -0.4 is 0 Å². The zero-order valence-electron chi connectivity index (χ0n) is 11.3. The highest BCUT2D eigenvalue weighted by molar-refractivity contribution is 6.18. The van der Waals surface area contributed by atoms with Gasteiger partial charge in [-0.05, 0) is 18.9 Å². The molecule has 0 atom stereocenters. The molecule has 1 saturated carbocycles. The van der Waals surface area contributed by atoms with Crippen LogP contribution in [0.1, 0.15) is 36.0 Å². The molecule has 0 radical (unpaired) electrons. The second-order valence-electron chi connectivity index (χ2n) is 5.27. The van der Waals surface area contributed by atoms with Gasteiger partial charge < -0.3 is 9.32 Å². The van der Waals surface area contributed by atoms with Crippen LogP contribution in [0.25, 0.3) is 11.0 Å². The number of carbonyl (C=O) groups excluding carboxylic acids is 1. The molecule has 0 bridgehead atoms. The van der Waals surface area contributed by atoms with Crippen molar-refractivity contribution in [3.8, 4) is 0 Å². The number of halogens is 1. The molecule has 1 aliphatic rings. The van der Waals surface area contributed by atoms with Gasteiger partial charge in [0, 0.05) is 23.9 Å². The van der Waals surface area contributed by atoms with Crippen molar-refractivity contribution in [2.24, 2.45) is 0 Å². The van der Waals surface area contributed by atoms with Gasteiger partial charge in [-0.15, -0.1) is 11.6 Å². The van der Waals surface area contributed by atoms with E-state index >= 15 is 0 Å². The smallest absolute Gasteiger partial charge is 0.258 e. The summed E-state index contributed by atoms with van der Waals surface area (Å²) in [7, 11) is 0. The molecule has 1 aromatic heterocycles. The molecule has 1 fully saturated rings. The molecule has 0 N–H and O–H groups in total. The largest absolute Gasteiger partial charge is 0.463 e. The number of nitrogens with zero attached hydrogens (tertiary/aromatic N) is 1. The standard InChI is InChI=1S/C16H18ClNO2/c17-9-10-18(12-5-1-2-6-12)16(19)14-11-20-15-8-4-3-7-13(14)15/h3-4,7-8,11-12H,1-2,5-6,9-10H2. The van der Waals surface area contributed by atoms with Gasteiger partial charge in [0.2, 0.25) is 0 Å². The van der Waals surface area contributed by atoms with Crippen molar-refractivity contribution >= 4 is 28.5 Å². The molecular formula is C16H18ClNO2. The molecule has 20 heavy (non-hydrogen) atoms. The predicted octanol–water partition coefficient (Wildman–Crippen LogP) is 4.06. The normalized spacial score (nSPS) is 15.8. The first-order valence-electron chi connectivity index (χ1n) is 7.14. The Hall–Kier alpha value is -1.48. The van der Waals surface area contributed by atoms with Crippen molar-refractivity contribution in [2.75, 3.05) is 12.4 Å². The Morgan fingerprint density at radius 1 is 1.30 bits per heavy atom. The number of para-hydroxylation sites is 1. The number of amides is 1. The first-order chi connectivity index (χ1) is 9.81. The zero-order chi connectivity index (χ0) is 13.9. The van der Waals surface area contributed by atoms with Gasteiger partial charge in [-0.3, -0.25) is 4.79 Å². The van der Waals surface area contributed by atoms with Crippen LogP contribution in [-0.2, 0) is 0 Å². The molecule has 0 saturated heterocycles. The highest BCUT2D eigenvalue weighted by Crippen LogP contribution is 2.28. The van der Waals surface area contributed by atoms with Gasteiger partial charge in [0.05, 0.1) is 5.56 Å². The number of rotatable bonds is 4. The summed E-state index contributed by atoms with van der Waals surface area (Å²) < 4.78 is 5.48. The topological polar surface area (TPSA) is 33.5 Å². The molecule has 1 aliphatic carbocycles. The van der Waals surface area contributed by atoms with Crippen LogP contribution in [0, 0.1) is 0 Å². The summed E-state index contributed by atoms with van der Waals surface area (Å²) >= 11 is 5.88. The third kappa shape index (κ3) is 2.42. The maximum Gasteiger partial charge on any atom is 0.258 e. The summed E-state index contributed by atoms with van der Waals surface area (Å²) in [5.41, 5.74) is 1.41. The van der Waals surface area contributed by atoms with Crippen LogP contribution in [0.3, 0.4) is 0 Å². The van der Waals surface area contributed by atoms with Crippen LogP contribution in [0.5, 0.6) is 0 Å². The van der Waals surface area contributed by atoms with Gasteiger partial charge in [-0.2, -0.15) is 0 Å². The third-order valence-electron chi connectivity index (χ3n) is 4.06. The lowest BCUT2D eigenvalue weighted by atomic mass is 10.1. The molecule has 3 rings (SSSR count). The van der Waals surface area contributed by atoms with E-state index in [1.165, 1.54) is 12.8 Å². The lowest BCUT2D eigenvalue weighted by molar-refractivity contribution is 0.0696. The van der Waals surface area contributed by atoms with E-state index in [0.717, 1.165) is 23.8 Å². The summed E-state index contributed by atoms with van der Waals surface area (Å²) in [4.78, 5) is 14.7. The van der Waals surface area contributed by atoms with Gasteiger partial charge in [-0.1, -0.05) is 31.0 Å². The van der Waals surface area contributed by atoms with Gasteiger partial charge in [0.1, 0.15) is 11.8 Å². The zero-order valence-corrected chi connectivity index (χ0v) is 12.1. The van der Waals surface area contributed by atoms with E-state index < -0.39 is 0 Å². The molecule has 0 aliphatic heterocycles. The highest BCUT2D eigenvalue weighted by Gasteiger charge is 2.28. The average molecular weight is 292 g/mol. The summed E-state index contributed by atoms with van der Waals surface area (Å²) in [5.74, 6) is 0.514. The van der Waals surface area contributed by atoms with Crippen LogP contribution in [0.15, 0.2) is 34.9 Å². The van der Waals surface area contributed by atoms with Gasteiger partial charge in [0.15, 0.2) is 0 Å². The summed E-state index contributed by atoms with van der Waals surface area (Å²) in [5, 5.41) is 0.884. The molecule has 3 nitrogen and oxygen atoms in total. The minimum Gasteiger partial charge on any atom is -0.463 e. The molecule has 1 amide bonds. The number of carbonyl (C=O) groups is 1. The number of hydrogen-bond donors (Lipinski definition) is 0. The van der Waals surface area contributed by atoms with Gasteiger partial charge >= 0.3 is 0 Å². The van der Waals surface area contributed by atoms with Crippen LogP contribution in [-0.4, -0.2) is 29.3 Å². The minimum absolute atomic E-state index is 0.0440. The van der Waals surface area contributed by atoms with Crippen molar-refractivity contribution in [3.05, 3.63) is 36.1 Å². The Labute approximate surface area is 123 Å². The molecular weight excluding hydrogens is 274 g/mol. The van der Waals surface area contributed by atoms with E-state index in [4.69, 9.17) is 16.0 Å². The van der Waals surface area contributed by atoms with Crippen LogP contribution in [0.2, 0.25) is 0 Å². The Morgan fingerprint density at radius 2 is 2.05 bits per heavy atom. The van der Waals surface area contributed by atoms with E-state index in [1.54, 1.807) is 6.26 Å².